The Kier molecular flexibility index (Phi) is 4.14. The molecular weight excluding hydrogens is 333 g/mol. The zero-order valence-electron chi connectivity index (χ0n) is 14.6. The SMILES string of the molecule is Cn1cncc1-c1ccc2nnc(NC(=O)C3(F)CCCCC3)cc2c1. The normalized spacial score (nSPS) is 16.5. The number of fused-ring (bicyclic) bond motifs is 1. The number of hydrogen-bond acceptors (Lipinski definition) is 4. The Balaban J connectivity index is 1.62. The molecule has 0 spiro atoms. The third kappa shape index (κ3) is 3.05. The maximum absolute atomic E-state index is 14.8. The first-order valence-electron chi connectivity index (χ1n) is 8.80. The largest absolute Gasteiger partial charge is 0.334 e. The molecule has 0 atom stereocenters. The number of anilines is 1. The second-order valence-corrected chi connectivity index (χ2v) is 6.87. The molecule has 134 valence electrons. The maximum Gasteiger partial charge on any atom is 0.263 e. The molecule has 1 aliphatic rings. The number of rotatable bonds is 3. The van der Waals surface area contributed by atoms with Crippen LogP contribution >= 0.6 is 0 Å². The Morgan fingerprint density at radius 2 is 2.00 bits per heavy atom. The Labute approximate surface area is 150 Å². The van der Waals surface area contributed by atoms with E-state index < -0.39 is 11.6 Å². The molecule has 0 radical (unpaired) electrons. The smallest absolute Gasteiger partial charge is 0.263 e. The van der Waals surface area contributed by atoms with Crippen LogP contribution in [-0.4, -0.2) is 31.3 Å². The summed E-state index contributed by atoms with van der Waals surface area (Å²) in [5.41, 5.74) is 0.864. The molecule has 1 saturated carbocycles. The zero-order chi connectivity index (χ0) is 18.1. The molecule has 0 bridgehead atoms. The number of carbonyl (C=O) groups is 1. The van der Waals surface area contributed by atoms with E-state index in [1.54, 1.807) is 18.6 Å². The molecule has 6 nitrogen and oxygen atoms in total. The lowest BCUT2D eigenvalue weighted by atomic mass is 9.86. The Hall–Kier alpha value is -2.83. The minimum atomic E-state index is -1.80. The van der Waals surface area contributed by atoms with Crippen molar-refractivity contribution < 1.29 is 9.18 Å². The van der Waals surface area contributed by atoms with Gasteiger partial charge in [0.1, 0.15) is 0 Å². The van der Waals surface area contributed by atoms with Gasteiger partial charge in [-0.1, -0.05) is 12.5 Å². The molecular formula is C19H20FN5O. The summed E-state index contributed by atoms with van der Waals surface area (Å²) in [5.74, 6) is -0.346. The fourth-order valence-corrected chi connectivity index (χ4v) is 3.47. The van der Waals surface area contributed by atoms with Crippen LogP contribution in [0.25, 0.3) is 22.2 Å². The molecule has 2 aromatic heterocycles. The van der Waals surface area contributed by atoms with Crippen LogP contribution in [-0.2, 0) is 11.8 Å². The number of nitrogens with zero attached hydrogens (tertiary/aromatic N) is 4. The number of halogens is 1. The summed E-state index contributed by atoms with van der Waals surface area (Å²) in [5, 5.41) is 11.6. The third-order valence-corrected chi connectivity index (χ3v) is 4.99. The quantitative estimate of drug-likeness (QED) is 0.780. The monoisotopic (exact) mass is 353 g/mol. The van der Waals surface area contributed by atoms with Gasteiger partial charge in [0.25, 0.3) is 5.91 Å². The van der Waals surface area contributed by atoms with Crippen molar-refractivity contribution in [3.63, 3.8) is 0 Å². The van der Waals surface area contributed by atoms with Crippen molar-refractivity contribution >= 4 is 22.6 Å². The highest BCUT2D eigenvalue weighted by Gasteiger charge is 2.39. The van der Waals surface area contributed by atoms with Gasteiger partial charge in [-0.2, -0.15) is 0 Å². The number of aryl methyl sites for hydroxylation is 1. The molecule has 0 aliphatic heterocycles. The molecule has 0 saturated heterocycles. The van der Waals surface area contributed by atoms with Crippen molar-refractivity contribution in [3.05, 3.63) is 36.8 Å². The van der Waals surface area contributed by atoms with Gasteiger partial charge in [-0.3, -0.25) is 4.79 Å². The number of carbonyl (C=O) groups excluding carboxylic acids is 1. The third-order valence-electron chi connectivity index (χ3n) is 4.99. The van der Waals surface area contributed by atoms with Crippen molar-refractivity contribution in [2.24, 2.45) is 7.05 Å². The molecule has 1 N–H and O–H groups in total. The molecule has 4 rings (SSSR count). The van der Waals surface area contributed by atoms with Crippen molar-refractivity contribution in [1.29, 1.82) is 0 Å². The summed E-state index contributed by atoms with van der Waals surface area (Å²) in [6, 6.07) is 7.51. The fraction of sp³-hybridized carbons (Fsp3) is 0.368. The molecule has 26 heavy (non-hydrogen) atoms. The lowest BCUT2D eigenvalue weighted by Gasteiger charge is -2.27. The van der Waals surface area contributed by atoms with Crippen LogP contribution in [0.4, 0.5) is 10.2 Å². The Morgan fingerprint density at radius 3 is 2.73 bits per heavy atom. The van der Waals surface area contributed by atoms with Gasteiger partial charge < -0.3 is 9.88 Å². The van der Waals surface area contributed by atoms with E-state index in [0.717, 1.165) is 35.9 Å². The van der Waals surface area contributed by atoms with Gasteiger partial charge in [0.2, 0.25) is 0 Å². The summed E-state index contributed by atoms with van der Waals surface area (Å²) in [6.45, 7) is 0. The average molecular weight is 353 g/mol. The second kappa shape index (κ2) is 6.48. The van der Waals surface area contributed by atoms with Gasteiger partial charge in [-0.25, -0.2) is 9.37 Å². The zero-order valence-corrected chi connectivity index (χ0v) is 14.6. The minimum absolute atomic E-state index is 0.268. The number of benzene rings is 1. The van der Waals surface area contributed by atoms with Crippen LogP contribution in [0.3, 0.4) is 0 Å². The summed E-state index contributed by atoms with van der Waals surface area (Å²) in [7, 11) is 1.92. The van der Waals surface area contributed by atoms with Crippen LogP contribution < -0.4 is 5.32 Å². The first-order valence-corrected chi connectivity index (χ1v) is 8.80. The highest BCUT2D eigenvalue weighted by atomic mass is 19.1. The number of alkyl halides is 1. The van der Waals surface area contributed by atoms with E-state index in [1.165, 1.54) is 0 Å². The Morgan fingerprint density at radius 1 is 1.19 bits per heavy atom. The van der Waals surface area contributed by atoms with E-state index in [4.69, 9.17) is 0 Å². The first-order chi connectivity index (χ1) is 12.5. The number of amides is 1. The minimum Gasteiger partial charge on any atom is -0.334 e. The highest BCUT2D eigenvalue weighted by Crippen LogP contribution is 2.33. The fourth-order valence-electron chi connectivity index (χ4n) is 3.47. The van der Waals surface area contributed by atoms with Crippen molar-refractivity contribution in [2.45, 2.75) is 37.8 Å². The lowest BCUT2D eigenvalue weighted by molar-refractivity contribution is -0.129. The van der Waals surface area contributed by atoms with E-state index in [0.29, 0.717) is 5.52 Å². The van der Waals surface area contributed by atoms with Gasteiger partial charge >= 0.3 is 0 Å². The van der Waals surface area contributed by atoms with Crippen molar-refractivity contribution in [3.8, 4) is 11.3 Å². The van der Waals surface area contributed by atoms with Crippen LogP contribution in [0.15, 0.2) is 36.8 Å². The molecule has 3 aromatic rings. The molecule has 7 heteroatoms. The molecule has 2 heterocycles. The second-order valence-electron chi connectivity index (χ2n) is 6.87. The molecule has 1 fully saturated rings. The lowest BCUT2D eigenvalue weighted by Crippen LogP contribution is -2.40. The van der Waals surface area contributed by atoms with Crippen LogP contribution in [0, 0.1) is 0 Å². The van der Waals surface area contributed by atoms with Gasteiger partial charge in [0, 0.05) is 18.0 Å². The summed E-state index contributed by atoms with van der Waals surface area (Å²) < 4.78 is 16.7. The topological polar surface area (TPSA) is 72.7 Å². The van der Waals surface area contributed by atoms with Crippen LogP contribution in [0.5, 0.6) is 0 Å². The predicted molar refractivity (Wildman–Crippen MR) is 97.3 cm³/mol. The molecule has 1 aliphatic carbocycles. The van der Waals surface area contributed by atoms with Crippen LogP contribution in [0.1, 0.15) is 32.1 Å². The van der Waals surface area contributed by atoms with Crippen molar-refractivity contribution in [1.82, 2.24) is 19.7 Å². The summed E-state index contributed by atoms with van der Waals surface area (Å²) in [4.78, 5) is 16.5. The van der Waals surface area contributed by atoms with E-state index >= 15 is 0 Å². The van der Waals surface area contributed by atoms with Crippen LogP contribution in [0.2, 0.25) is 0 Å². The van der Waals surface area contributed by atoms with E-state index in [2.05, 4.69) is 20.5 Å². The summed E-state index contributed by atoms with van der Waals surface area (Å²) >= 11 is 0. The molecule has 1 amide bonds. The van der Waals surface area contributed by atoms with Gasteiger partial charge in [-0.15, -0.1) is 10.2 Å². The summed E-state index contributed by atoms with van der Waals surface area (Å²) in [6.07, 6.45) is 6.51. The Bertz CT molecular complexity index is 961. The standard InChI is InChI=1S/C19H20FN5O/c1-25-12-21-11-16(25)13-5-6-15-14(9-13)10-17(24-23-15)22-18(26)19(20)7-3-2-4-8-19/h5-6,9-12H,2-4,7-8H2,1H3,(H,22,24,26). The first kappa shape index (κ1) is 16.6. The highest BCUT2D eigenvalue weighted by molar-refractivity contribution is 5.97. The number of hydrogen-bond donors (Lipinski definition) is 1. The predicted octanol–water partition coefficient (Wildman–Crippen LogP) is 3.64. The van der Waals surface area contributed by atoms with E-state index in [-0.39, 0.29) is 18.7 Å². The van der Waals surface area contributed by atoms with Crippen molar-refractivity contribution in [2.75, 3.05) is 5.32 Å². The van der Waals surface area contributed by atoms with E-state index in [1.807, 2.05) is 29.8 Å². The maximum atomic E-state index is 14.8. The van der Waals surface area contributed by atoms with Gasteiger partial charge in [-0.05, 0) is 43.9 Å². The number of imidazole rings is 1. The molecule has 0 unspecified atom stereocenters. The van der Waals surface area contributed by atoms with Gasteiger partial charge in [0.05, 0.1) is 23.7 Å². The number of aromatic nitrogens is 4. The number of nitrogens with one attached hydrogen (secondary N) is 1. The van der Waals surface area contributed by atoms with Gasteiger partial charge in [0.15, 0.2) is 11.5 Å². The average Bonchev–Trinajstić information content (AvgIpc) is 3.07. The molecule has 1 aromatic carbocycles. The van der Waals surface area contributed by atoms with E-state index in [9.17, 15) is 9.18 Å².